The topological polar surface area (TPSA) is 92.4 Å². The van der Waals surface area contributed by atoms with Gasteiger partial charge >= 0.3 is 11.4 Å². The number of hydrogen-bond donors (Lipinski definition) is 2. The zero-order valence-electron chi connectivity index (χ0n) is 16.5. The molecule has 0 radical (unpaired) electrons. The molecule has 30 heavy (non-hydrogen) atoms. The van der Waals surface area contributed by atoms with Crippen molar-refractivity contribution in [3.8, 4) is 0 Å². The molecule has 0 saturated heterocycles. The second kappa shape index (κ2) is 9.10. The van der Waals surface area contributed by atoms with E-state index >= 15 is 0 Å². The van der Waals surface area contributed by atoms with E-state index in [9.17, 15) is 19.1 Å². The predicted octanol–water partition coefficient (Wildman–Crippen LogP) is 2.05. The Morgan fingerprint density at radius 1 is 1.13 bits per heavy atom. The molecule has 0 saturated carbocycles. The summed E-state index contributed by atoms with van der Waals surface area (Å²) in [7, 11) is 3.44. The molecule has 0 atom stereocenters. The molecule has 10 heteroatoms. The van der Waals surface area contributed by atoms with Crippen LogP contribution in [-0.4, -0.2) is 39.9 Å². The Hall–Kier alpha value is -3.17. The third-order valence-corrected chi connectivity index (χ3v) is 4.67. The normalized spacial score (nSPS) is 10.8. The Morgan fingerprint density at radius 2 is 1.83 bits per heavy atom. The molecule has 0 spiro atoms. The molecule has 1 heterocycles. The van der Waals surface area contributed by atoms with Gasteiger partial charge in [0.05, 0.1) is 25.4 Å². The molecule has 0 aliphatic rings. The molecule has 1 aromatic heterocycles. The zero-order valence-corrected chi connectivity index (χ0v) is 17.2. The van der Waals surface area contributed by atoms with Gasteiger partial charge in [-0.1, -0.05) is 23.7 Å². The summed E-state index contributed by atoms with van der Waals surface area (Å²) in [4.78, 5) is 30.8. The third-order valence-electron chi connectivity index (χ3n) is 4.41. The van der Waals surface area contributed by atoms with E-state index in [1.54, 1.807) is 55.4 Å². The minimum absolute atomic E-state index is 0.0360. The van der Waals surface area contributed by atoms with Gasteiger partial charge in [-0.15, -0.1) is 0 Å². The standard InChI is InChI=1S/C20H21ClFN5O3/c1-25(2)17-8-7-15(11-16(17)22)23-18-24-19(29)26(9-10-28)20(30)27(18)12-13-3-5-14(21)6-4-13/h3-8,11,28H,9-10,12H2,1-2H3,(H,23,24,29). The van der Waals surface area contributed by atoms with E-state index < -0.39 is 17.2 Å². The summed E-state index contributed by atoms with van der Waals surface area (Å²) >= 11 is 5.92. The number of aromatic nitrogens is 3. The molecular formula is C20H21ClFN5O3. The lowest BCUT2D eigenvalue weighted by Crippen LogP contribution is -2.43. The van der Waals surface area contributed by atoms with Crippen molar-refractivity contribution in [1.29, 1.82) is 0 Å². The van der Waals surface area contributed by atoms with Crippen LogP contribution in [0.3, 0.4) is 0 Å². The molecule has 0 amide bonds. The Labute approximate surface area is 176 Å². The molecular weight excluding hydrogens is 413 g/mol. The second-order valence-electron chi connectivity index (χ2n) is 6.77. The zero-order chi connectivity index (χ0) is 21.8. The summed E-state index contributed by atoms with van der Waals surface area (Å²) < 4.78 is 16.4. The number of aliphatic hydroxyl groups is 1. The molecule has 3 aromatic rings. The number of anilines is 3. The first-order valence-corrected chi connectivity index (χ1v) is 9.49. The second-order valence-corrected chi connectivity index (χ2v) is 7.21. The minimum Gasteiger partial charge on any atom is -0.395 e. The predicted molar refractivity (Wildman–Crippen MR) is 114 cm³/mol. The van der Waals surface area contributed by atoms with Crippen LogP contribution in [0.1, 0.15) is 5.56 Å². The number of rotatable bonds is 7. The minimum atomic E-state index is -0.811. The first-order valence-electron chi connectivity index (χ1n) is 9.11. The van der Waals surface area contributed by atoms with Crippen molar-refractivity contribution in [3.05, 3.63) is 79.8 Å². The summed E-state index contributed by atoms with van der Waals surface area (Å²) in [6.07, 6.45) is 0. The van der Waals surface area contributed by atoms with Crippen LogP contribution in [0.4, 0.5) is 21.7 Å². The van der Waals surface area contributed by atoms with Gasteiger partial charge in [0.25, 0.3) is 0 Å². The average molecular weight is 434 g/mol. The lowest BCUT2D eigenvalue weighted by atomic mass is 10.2. The van der Waals surface area contributed by atoms with Crippen molar-refractivity contribution >= 4 is 28.9 Å². The van der Waals surface area contributed by atoms with E-state index in [0.717, 1.165) is 10.1 Å². The molecule has 0 aliphatic heterocycles. The lowest BCUT2D eigenvalue weighted by Gasteiger charge is -2.17. The lowest BCUT2D eigenvalue weighted by molar-refractivity contribution is 0.268. The van der Waals surface area contributed by atoms with Crippen LogP contribution < -0.4 is 21.6 Å². The number of nitrogens with zero attached hydrogens (tertiary/aromatic N) is 4. The summed E-state index contributed by atoms with van der Waals surface area (Å²) in [5.41, 5.74) is 0.00967. The fraction of sp³-hybridized carbons (Fsp3) is 0.250. The van der Waals surface area contributed by atoms with Crippen molar-refractivity contribution in [2.24, 2.45) is 0 Å². The van der Waals surface area contributed by atoms with Crippen LogP contribution in [0.2, 0.25) is 5.02 Å². The molecule has 2 aromatic carbocycles. The smallest absolute Gasteiger partial charge is 0.355 e. The van der Waals surface area contributed by atoms with E-state index in [0.29, 0.717) is 16.4 Å². The van der Waals surface area contributed by atoms with Gasteiger partial charge in [0, 0.05) is 24.8 Å². The Morgan fingerprint density at radius 3 is 2.43 bits per heavy atom. The summed E-state index contributed by atoms with van der Waals surface area (Å²) in [6.45, 7) is -0.477. The average Bonchev–Trinajstić information content (AvgIpc) is 2.69. The number of halogens is 2. The van der Waals surface area contributed by atoms with Crippen LogP contribution in [0.5, 0.6) is 0 Å². The van der Waals surface area contributed by atoms with Crippen molar-refractivity contribution in [2.75, 3.05) is 30.9 Å². The van der Waals surface area contributed by atoms with Gasteiger partial charge in [-0.2, -0.15) is 4.98 Å². The van der Waals surface area contributed by atoms with Crippen molar-refractivity contribution in [1.82, 2.24) is 14.1 Å². The first kappa shape index (κ1) is 21.5. The van der Waals surface area contributed by atoms with Crippen molar-refractivity contribution in [3.63, 3.8) is 0 Å². The molecule has 158 valence electrons. The fourth-order valence-corrected chi connectivity index (χ4v) is 3.03. The van der Waals surface area contributed by atoms with E-state index in [4.69, 9.17) is 11.6 Å². The number of hydrogen-bond acceptors (Lipinski definition) is 6. The van der Waals surface area contributed by atoms with Crippen LogP contribution in [0.25, 0.3) is 0 Å². The van der Waals surface area contributed by atoms with Crippen LogP contribution >= 0.6 is 11.6 Å². The quantitative estimate of drug-likeness (QED) is 0.592. The van der Waals surface area contributed by atoms with Gasteiger partial charge in [-0.3, -0.25) is 4.57 Å². The van der Waals surface area contributed by atoms with Gasteiger partial charge in [0.2, 0.25) is 5.95 Å². The molecule has 3 rings (SSSR count). The van der Waals surface area contributed by atoms with E-state index in [2.05, 4.69) is 10.3 Å². The highest BCUT2D eigenvalue weighted by Crippen LogP contribution is 2.23. The maximum atomic E-state index is 14.3. The van der Waals surface area contributed by atoms with Gasteiger partial charge in [0.1, 0.15) is 5.82 Å². The first-order chi connectivity index (χ1) is 14.3. The Bertz CT molecular complexity index is 1160. The molecule has 2 N–H and O–H groups in total. The largest absolute Gasteiger partial charge is 0.395 e. The highest BCUT2D eigenvalue weighted by molar-refractivity contribution is 6.30. The van der Waals surface area contributed by atoms with Crippen molar-refractivity contribution < 1.29 is 9.50 Å². The van der Waals surface area contributed by atoms with E-state index in [1.165, 1.54) is 10.6 Å². The van der Waals surface area contributed by atoms with Gasteiger partial charge in [-0.05, 0) is 35.9 Å². The third kappa shape index (κ3) is 4.69. The molecule has 0 unspecified atom stereocenters. The SMILES string of the molecule is CN(C)c1ccc(Nc2nc(=O)n(CCO)c(=O)n2Cc2ccc(Cl)cc2)cc1F. The number of nitrogens with one attached hydrogen (secondary N) is 1. The maximum absolute atomic E-state index is 14.3. The van der Waals surface area contributed by atoms with Crippen molar-refractivity contribution in [2.45, 2.75) is 13.1 Å². The number of benzene rings is 2. The number of aliphatic hydroxyl groups excluding tert-OH is 1. The van der Waals surface area contributed by atoms with Crippen LogP contribution in [0, 0.1) is 5.82 Å². The Balaban J connectivity index is 2.06. The molecule has 0 aliphatic carbocycles. The van der Waals surface area contributed by atoms with E-state index in [1.807, 2.05) is 0 Å². The monoisotopic (exact) mass is 433 g/mol. The Kier molecular flexibility index (Phi) is 6.53. The fourth-order valence-electron chi connectivity index (χ4n) is 2.91. The van der Waals surface area contributed by atoms with Crippen LogP contribution in [-0.2, 0) is 13.1 Å². The highest BCUT2D eigenvalue weighted by Gasteiger charge is 2.15. The van der Waals surface area contributed by atoms with Gasteiger partial charge < -0.3 is 15.3 Å². The molecule has 0 bridgehead atoms. The molecule has 8 nitrogen and oxygen atoms in total. The van der Waals surface area contributed by atoms with Gasteiger partial charge in [0.15, 0.2) is 0 Å². The van der Waals surface area contributed by atoms with E-state index in [-0.39, 0.29) is 25.6 Å². The maximum Gasteiger partial charge on any atom is 0.355 e. The van der Waals surface area contributed by atoms with Gasteiger partial charge in [-0.25, -0.2) is 18.5 Å². The highest BCUT2D eigenvalue weighted by atomic mass is 35.5. The van der Waals surface area contributed by atoms with Crippen LogP contribution in [0.15, 0.2) is 52.1 Å². The summed E-state index contributed by atoms with van der Waals surface area (Å²) in [5, 5.41) is 12.6. The summed E-state index contributed by atoms with van der Waals surface area (Å²) in [6, 6.07) is 11.3. The summed E-state index contributed by atoms with van der Waals surface area (Å²) in [5.74, 6) is -0.503. The molecule has 0 fully saturated rings.